The van der Waals surface area contributed by atoms with Gasteiger partial charge in [0.25, 0.3) is 0 Å². The molecule has 0 amide bonds. The predicted octanol–water partition coefficient (Wildman–Crippen LogP) is 5.68. The first-order valence-electron chi connectivity index (χ1n) is 13.7. The molecule has 0 aliphatic carbocycles. The molecule has 2 aromatic rings. The molecule has 0 spiro atoms. The Bertz CT molecular complexity index is 1210. The number of unbranched alkanes of at least 4 members (excludes halogenated alkanes) is 3. The normalized spacial score (nSPS) is 10.5. The summed E-state index contributed by atoms with van der Waals surface area (Å²) in [4.78, 5) is 46.4. The largest absolute Gasteiger partial charge is 0.494 e. The third-order valence-electron chi connectivity index (χ3n) is 5.83. The average molecular weight is 579 g/mol. The lowest BCUT2D eigenvalue weighted by Gasteiger charge is -2.08. The van der Waals surface area contributed by atoms with E-state index in [9.17, 15) is 19.2 Å². The maximum atomic E-state index is 12.5. The Morgan fingerprint density at radius 1 is 0.738 bits per heavy atom. The molecule has 0 fully saturated rings. The molecular formula is C33H38O9. The first-order chi connectivity index (χ1) is 20.3. The van der Waals surface area contributed by atoms with Gasteiger partial charge in [0.2, 0.25) is 0 Å². The second kappa shape index (κ2) is 19.4. The number of benzene rings is 2. The van der Waals surface area contributed by atoms with Gasteiger partial charge in [-0.15, -0.1) is 0 Å². The molecule has 0 aliphatic heterocycles. The van der Waals surface area contributed by atoms with Crippen LogP contribution >= 0.6 is 0 Å². The molecule has 224 valence electrons. The zero-order valence-electron chi connectivity index (χ0n) is 24.0. The van der Waals surface area contributed by atoms with Crippen molar-refractivity contribution in [1.82, 2.24) is 0 Å². The molecule has 0 aromatic heterocycles. The molecule has 0 aliphatic rings. The fourth-order valence-electron chi connectivity index (χ4n) is 3.47. The maximum Gasteiger partial charge on any atom is 0.333 e. The first-order valence-corrected chi connectivity index (χ1v) is 13.7. The number of carbonyl (C=O) groups excluding carboxylic acids is 4. The lowest BCUT2D eigenvalue weighted by atomic mass is 10.1. The Kier molecular flexibility index (Phi) is 15.5. The van der Waals surface area contributed by atoms with Crippen molar-refractivity contribution in [3.05, 3.63) is 90.5 Å². The predicted molar refractivity (Wildman–Crippen MR) is 158 cm³/mol. The number of ketones is 1. The van der Waals surface area contributed by atoms with Crippen LogP contribution in [0, 0.1) is 0 Å². The van der Waals surface area contributed by atoms with Crippen LogP contribution in [0.3, 0.4) is 0 Å². The van der Waals surface area contributed by atoms with Gasteiger partial charge in [0.05, 0.1) is 40.0 Å². The van der Waals surface area contributed by atoms with E-state index in [4.69, 9.17) is 18.9 Å². The summed E-state index contributed by atoms with van der Waals surface area (Å²) in [6.07, 6.45) is 8.09. The second-order valence-electron chi connectivity index (χ2n) is 9.12. The molecule has 0 unspecified atom stereocenters. The topological polar surface area (TPSA) is 114 Å². The van der Waals surface area contributed by atoms with Gasteiger partial charge in [-0.1, -0.05) is 31.4 Å². The Labute approximate surface area is 246 Å². The van der Waals surface area contributed by atoms with Gasteiger partial charge in [0.15, 0.2) is 5.78 Å². The van der Waals surface area contributed by atoms with Crippen LogP contribution in [0.4, 0.5) is 0 Å². The molecule has 0 saturated heterocycles. The number of esters is 3. The van der Waals surface area contributed by atoms with Crippen LogP contribution in [0.5, 0.6) is 11.5 Å². The summed E-state index contributed by atoms with van der Waals surface area (Å²) in [7, 11) is 1.25. The Balaban J connectivity index is 1.60. The Hall–Kier alpha value is -4.66. The highest BCUT2D eigenvalue weighted by Crippen LogP contribution is 2.16. The highest BCUT2D eigenvalue weighted by atomic mass is 16.5. The van der Waals surface area contributed by atoms with Gasteiger partial charge < -0.3 is 23.7 Å². The van der Waals surface area contributed by atoms with Crippen LogP contribution in [-0.4, -0.2) is 57.2 Å². The number of ether oxygens (including phenoxy) is 5. The van der Waals surface area contributed by atoms with Crippen molar-refractivity contribution in [2.45, 2.75) is 38.5 Å². The molecule has 0 heterocycles. The van der Waals surface area contributed by atoms with Gasteiger partial charge in [-0.3, -0.25) is 9.59 Å². The van der Waals surface area contributed by atoms with E-state index in [-0.39, 0.29) is 31.0 Å². The van der Waals surface area contributed by atoms with Crippen LogP contribution in [0.1, 0.15) is 54.4 Å². The van der Waals surface area contributed by atoms with E-state index in [1.807, 2.05) is 24.3 Å². The van der Waals surface area contributed by atoms with E-state index in [1.54, 1.807) is 30.3 Å². The average Bonchev–Trinajstić information content (AvgIpc) is 3.01. The minimum absolute atomic E-state index is 0.0791. The van der Waals surface area contributed by atoms with Crippen molar-refractivity contribution in [2.75, 3.05) is 33.5 Å². The smallest absolute Gasteiger partial charge is 0.333 e. The van der Waals surface area contributed by atoms with E-state index in [0.29, 0.717) is 43.1 Å². The summed E-state index contributed by atoms with van der Waals surface area (Å²) in [5.41, 5.74) is 1.49. The minimum atomic E-state index is -0.583. The van der Waals surface area contributed by atoms with E-state index in [0.717, 1.165) is 30.9 Å². The van der Waals surface area contributed by atoms with Crippen LogP contribution in [-0.2, 0) is 28.6 Å². The Morgan fingerprint density at radius 2 is 1.31 bits per heavy atom. The maximum absolute atomic E-state index is 12.5. The zero-order valence-corrected chi connectivity index (χ0v) is 24.0. The van der Waals surface area contributed by atoms with Gasteiger partial charge >= 0.3 is 17.9 Å². The summed E-state index contributed by atoms with van der Waals surface area (Å²) in [5.74, 6) is -0.313. The van der Waals surface area contributed by atoms with Crippen molar-refractivity contribution in [3.63, 3.8) is 0 Å². The lowest BCUT2D eigenvalue weighted by Crippen LogP contribution is -2.12. The number of hydrogen-bond acceptors (Lipinski definition) is 9. The van der Waals surface area contributed by atoms with Gasteiger partial charge in [-0.05, 0) is 73.7 Å². The lowest BCUT2D eigenvalue weighted by molar-refractivity contribution is -0.144. The fraction of sp³-hybridized carbons (Fsp3) is 0.333. The second-order valence-corrected chi connectivity index (χ2v) is 9.12. The van der Waals surface area contributed by atoms with E-state index in [2.05, 4.69) is 17.9 Å². The summed E-state index contributed by atoms with van der Waals surface area (Å²) in [6.45, 7) is 8.35. The van der Waals surface area contributed by atoms with Crippen LogP contribution in [0.15, 0.2) is 79.4 Å². The zero-order chi connectivity index (χ0) is 30.6. The van der Waals surface area contributed by atoms with Gasteiger partial charge in [-0.2, -0.15) is 0 Å². The number of carbonyl (C=O) groups is 4. The van der Waals surface area contributed by atoms with Gasteiger partial charge in [-0.25, -0.2) is 9.59 Å². The molecule has 0 saturated carbocycles. The van der Waals surface area contributed by atoms with E-state index < -0.39 is 17.9 Å². The third kappa shape index (κ3) is 13.6. The summed E-state index contributed by atoms with van der Waals surface area (Å²) >= 11 is 0. The van der Waals surface area contributed by atoms with Gasteiger partial charge in [0, 0.05) is 23.6 Å². The minimum Gasteiger partial charge on any atom is -0.494 e. The Morgan fingerprint density at radius 3 is 1.93 bits per heavy atom. The van der Waals surface area contributed by atoms with Crippen LogP contribution in [0.2, 0.25) is 0 Å². The standard InChI is InChI=1S/C33H38O9/c1-4-31(35)41-23-9-22-40-28-15-10-26(11-16-28)12-19-30(34)27-13-17-29(18-14-27)39-20-7-5-6-8-21-42-33(37)25(2)24-32(36)38-3/h4,10-19H,1-2,5-9,20-24H2,3H3/b19-12+. The van der Waals surface area contributed by atoms with Crippen molar-refractivity contribution in [1.29, 1.82) is 0 Å². The quantitative estimate of drug-likeness (QED) is 0.0643. The van der Waals surface area contributed by atoms with Crippen molar-refractivity contribution >= 4 is 29.8 Å². The first kappa shape index (κ1) is 33.5. The highest BCUT2D eigenvalue weighted by molar-refractivity contribution is 6.06. The van der Waals surface area contributed by atoms with Crippen LogP contribution < -0.4 is 9.47 Å². The monoisotopic (exact) mass is 578 g/mol. The third-order valence-corrected chi connectivity index (χ3v) is 5.83. The molecule has 42 heavy (non-hydrogen) atoms. The van der Waals surface area contributed by atoms with Crippen LogP contribution in [0.25, 0.3) is 6.08 Å². The van der Waals surface area contributed by atoms with Gasteiger partial charge in [0.1, 0.15) is 11.5 Å². The molecule has 9 heteroatoms. The van der Waals surface area contributed by atoms with E-state index in [1.165, 1.54) is 13.2 Å². The number of allylic oxidation sites excluding steroid dienone is 1. The van der Waals surface area contributed by atoms with Crippen molar-refractivity contribution in [3.8, 4) is 11.5 Å². The van der Waals surface area contributed by atoms with Crippen molar-refractivity contribution < 1.29 is 42.9 Å². The number of methoxy groups -OCH3 is 1. The molecule has 0 N–H and O–H groups in total. The summed E-state index contributed by atoms with van der Waals surface area (Å²) in [6, 6.07) is 14.3. The molecule has 9 nitrogen and oxygen atoms in total. The highest BCUT2D eigenvalue weighted by Gasteiger charge is 2.13. The number of hydrogen-bond donors (Lipinski definition) is 0. The number of rotatable bonds is 20. The fourth-order valence-corrected chi connectivity index (χ4v) is 3.47. The summed E-state index contributed by atoms with van der Waals surface area (Å²) < 4.78 is 25.9. The molecule has 2 aromatic carbocycles. The molecule has 2 rings (SSSR count). The summed E-state index contributed by atoms with van der Waals surface area (Å²) in [5, 5.41) is 0. The molecular weight excluding hydrogens is 540 g/mol. The van der Waals surface area contributed by atoms with Crippen molar-refractivity contribution in [2.24, 2.45) is 0 Å². The van der Waals surface area contributed by atoms with E-state index >= 15 is 0 Å². The molecule has 0 radical (unpaired) electrons. The molecule has 0 bridgehead atoms. The molecule has 0 atom stereocenters. The SMILES string of the molecule is C=CC(=O)OCCCOc1ccc(/C=C/C(=O)c2ccc(OCCCCCCOC(=O)C(=C)CC(=O)OC)cc2)cc1.